The molecule has 0 saturated heterocycles. The maximum Gasteiger partial charge on any atom is 0.192 e. The predicted octanol–water partition coefficient (Wildman–Crippen LogP) is 4.06. The molecule has 0 radical (unpaired) electrons. The van der Waals surface area contributed by atoms with Gasteiger partial charge in [0.15, 0.2) is 23.4 Å². The number of para-hydroxylation sites is 2. The lowest BCUT2D eigenvalue weighted by molar-refractivity contribution is 0.0850. The van der Waals surface area contributed by atoms with Crippen LogP contribution in [0.25, 0.3) is 0 Å². The average molecular weight is 362 g/mol. The van der Waals surface area contributed by atoms with Gasteiger partial charge in [0.25, 0.3) is 0 Å². The number of hydrogen-bond donors (Lipinski definition) is 0. The standard InChI is InChI=1S/C12H7BrCl2N2O2/c13-9-10(14)16-12(17-11(9)15)8-5-18-6-3-1-2-4-7(6)19-8/h1-4,8H,5H2. The molecular weight excluding hydrogens is 355 g/mol. The highest BCUT2D eigenvalue weighted by Gasteiger charge is 2.26. The van der Waals surface area contributed by atoms with E-state index in [9.17, 15) is 0 Å². The van der Waals surface area contributed by atoms with E-state index in [0.29, 0.717) is 28.4 Å². The summed E-state index contributed by atoms with van der Waals surface area (Å²) >= 11 is 15.1. The van der Waals surface area contributed by atoms with Crippen molar-refractivity contribution in [1.82, 2.24) is 9.97 Å². The molecular formula is C12H7BrCl2N2O2. The van der Waals surface area contributed by atoms with Gasteiger partial charge >= 0.3 is 0 Å². The summed E-state index contributed by atoms with van der Waals surface area (Å²) in [5.74, 6) is 1.75. The van der Waals surface area contributed by atoms with Crippen LogP contribution in [0, 0.1) is 0 Å². The van der Waals surface area contributed by atoms with E-state index in [4.69, 9.17) is 32.7 Å². The van der Waals surface area contributed by atoms with Gasteiger partial charge in [0.05, 0.1) is 4.47 Å². The number of aromatic nitrogens is 2. The van der Waals surface area contributed by atoms with E-state index in [2.05, 4.69) is 25.9 Å². The lowest BCUT2D eigenvalue weighted by Crippen LogP contribution is -2.23. The molecule has 1 aromatic heterocycles. The Hall–Kier alpha value is -1.04. The molecule has 2 heterocycles. The van der Waals surface area contributed by atoms with Crippen molar-refractivity contribution in [2.75, 3.05) is 6.61 Å². The van der Waals surface area contributed by atoms with Gasteiger partial charge in [-0.25, -0.2) is 9.97 Å². The Labute approximate surface area is 127 Å². The molecule has 0 spiro atoms. The van der Waals surface area contributed by atoms with Gasteiger partial charge in [0, 0.05) is 0 Å². The first kappa shape index (κ1) is 13.0. The summed E-state index contributed by atoms with van der Waals surface area (Å²) in [6.45, 7) is 0.311. The van der Waals surface area contributed by atoms with Crippen LogP contribution in [0.3, 0.4) is 0 Å². The summed E-state index contributed by atoms with van der Waals surface area (Å²) in [7, 11) is 0. The van der Waals surface area contributed by atoms with E-state index in [1.54, 1.807) is 0 Å². The maximum absolute atomic E-state index is 5.96. The molecule has 3 rings (SSSR count). The normalized spacial score (nSPS) is 17.3. The lowest BCUT2D eigenvalue weighted by Gasteiger charge is -2.25. The fourth-order valence-corrected chi connectivity index (χ4v) is 2.28. The highest BCUT2D eigenvalue weighted by Crippen LogP contribution is 2.36. The maximum atomic E-state index is 5.96. The van der Waals surface area contributed by atoms with E-state index in [-0.39, 0.29) is 10.3 Å². The summed E-state index contributed by atoms with van der Waals surface area (Å²) in [4.78, 5) is 8.30. The van der Waals surface area contributed by atoms with E-state index >= 15 is 0 Å². The van der Waals surface area contributed by atoms with Crippen LogP contribution in [0.15, 0.2) is 28.7 Å². The molecule has 4 nitrogen and oxygen atoms in total. The Morgan fingerprint density at radius 3 is 2.42 bits per heavy atom. The highest BCUT2D eigenvalue weighted by molar-refractivity contribution is 9.10. The van der Waals surface area contributed by atoms with Crippen LogP contribution < -0.4 is 9.47 Å². The molecule has 0 aliphatic carbocycles. The number of halogens is 3. The van der Waals surface area contributed by atoms with Crippen LogP contribution in [0.2, 0.25) is 10.3 Å². The van der Waals surface area contributed by atoms with Crippen LogP contribution in [0.1, 0.15) is 11.9 Å². The molecule has 0 saturated carbocycles. The second-order valence-electron chi connectivity index (χ2n) is 3.84. The molecule has 19 heavy (non-hydrogen) atoms. The predicted molar refractivity (Wildman–Crippen MR) is 75.1 cm³/mol. The van der Waals surface area contributed by atoms with Crippen molar-refractivity contribution in [3.05, 3.63) is 44.9 Å². The third-order valence-electron chi connectivity index (χ3n) is 2.58. The molecule has 1 aliphatic rings. The van der Waals surface area contributed by atoms with Crippen molar-refractivity contribution >= 4 is 39.1 Å². The molecule has 2 aromatic rings. The summed E-state index contributed by atoms with van der Waals surface area (Å²) in [6.07, 6.45) is -0.432. The van der Waals surface area contributed by atoms with Crippen LogP contribution >= 0.6 is 39.1 Å². The number of ether oxygens (including phenoxy) is 2. The number of rotatable bonds is 1. The van der Waals surface area contributed by atoms with Crippen molar-refractivity contribution < 1.29 is 9.47 Å². The van der Waals surface area contributed by atoms with Crippen molar-refractivity contribution in [2.45, 2.75) is 6.10 Å². The van der Waals surface area contributed by atoms with E-state index in [0.717, 1.165) is 0 Å². The number of fused-ring (bicyclic) bond motifs is 1. The van der Waals surface area contributed by atoms with Crippen molar-refractivity contribution in [3.8, 4) is 11.5 Å². The van der Waals surface area contributed by atoms with E-state index in [1.165, 1.54) is 0 Å². The van der Waals surface area contributed by atoms with E-state index in [1.807, 2.05) is 24.3 Å². The minimum atomic E-state index is -0.432. The Morgan fingerprint density at radius 1 is 1.11 bits per heavy atom. The molecule has 1 aromatic carbocycles. The van der Waals surface area contributed by atoms with Gasteiger partial charge in [-0.2, -0.15) is 0 Å². The largest absolute Gasteiger partial charge is 0.485 e. The Morgan fingerprint density at radius 2 is 1.74 bits per heavy atom. The first-order valence-corrected chi connectivity index (χ1v) is 6.97. The minimum absolute atomic E-state index is 0.248. The average Bonchev–Trinajstić information content (AvgIpc) is 2.43. The first-order chi connectivity index (χ1) is 9.15. The SMILES string of the molecule is Clc1nc(C2COc3ccccc3O2)nc(Cl)c1Br. The third-order valence-corrected chi connectivity index (χ3v) is 4.34. The molecule has 1 unspecified atom stereocenters. The zero-order chi connectivity index (χ0) is 13.4. The topological polar surface area (TPSA) is 44.2 Å². The van der Waals surface area contributed by atoms with E-state index < -0.39 is 6.10 Å². The summed E-state index contributed by atoms with van der Waals surface area (Å²) < 4.78 is 11.9. The second-order valence-corrected chi connectivity index (χ2v) is 5.35. The van der Waals surface area contributed by atoms with Gasteiger partial charge < -0.3 is 9.47 Å². The second kappa shape index (κ2) is 5.15. The van der Waals surface area contributed by atoms with Crippen LogP contribution in [0.5, 0.6) is 11.5 Å². The fraction of sp³-hybridized carbons (Fsp3) is 0.167. The van der Waals surface area contributed by atoms with Crippen molar-refractivity contribution in [1.29, 1.82) is 0 Å². The van der Waals surface area contributed by atoms with Gasteiger partial charge in [0.1, 0.15) is 16.9 Å². The number of hydrogen-bond acceptors (Lipinski definition) is 4. The third kappa shape index (κ3) is 2.50. The van der Waals surface area contributed by atoms with Gasteiger partial charge in [-0.05, 0) is 28.1 Å². The minimum Gasteiger partial charge on any atom is -0.485 e. The Balaban J connectivity index is 1.93. The summed E-state index contributed by atoms with van der Waals surface area (Å²) in [5, 5.41) is 0.495. The smallest absolute Gasteiger partial charge is 0.192 e. The molecule has 0 amide bonds. The number of benzene rings is 1. The van der Waals surface area contributed by atoms with Gasteiger partial charge in [-0.3, -0.25) is 0 Å². The van der Waals surface area contributed by atoms with Crippen LogP contribution in [0.4, 0.5) is 0 Å². The lowest BCUT2D eigenvalue weighted by atomic mass is 10.2. The zero-order valence-corrected chi connectivity index (χ0v) is 12.5. The summed E-state index contributed by atoms with van der Waals surface area (Å²) in [6, 6.07) is 7.41. The molecule has 98 valence electrons. The first-order valence-electron chi connectivity index (χ1n) is 5.42. The molecule has 7 heteroatoms. The molecule has 0 N–H and O–H groups in total. The van der Waals surface area contributed by atoms with Gasteiger partial charge in [-0.1, -0.05) is 35.3 Å². The molecule has 1 aliphatic heterocycles. The number of nitrogens with zero attached hydrogens (tertiary/aromatic N) is 2. The summed E-state index contributed by atoms with van der Waals surface area (Å²) in [5.41, 5.74) is 0. The van der Waals surface area contributed by atoms with Crippen LogP contribution in [-0.2, 0) is 0 Å². The van der Waals surface area contributed by atoms with Gasteiger partial charge in [-0.15, -0.1) is 0 Å². The van der Waals surface area contributed by atoms with Crippen molar-refractivity contribution in [2.24, 2.45) is 0 Å². The molecule has 1 atom stereocenters. The fourth-order valence-electron chi connectivity index (χ4n) is 1.70. The Kier molecular flexibility index (Phi) is 3.52. The molecule has 0 fully saturated rings. The van der Waals surface area contributed by atoms with Crippen LogP contribution in [-0.4, -0.2) is 16.6 Å². The highest BCUT2D eigenvalue weighted by atomic mass is 79.9. The Bertz CT molecular complexity index is 616. The monoisotopic (exact) mass is 360 g/mol. The van der Waals surface area contributed by atoms with Gasteiger partial charge in [0.2, 0.25) is 0 Å². The zero-order valence-electron chi connectivity index (χ0n) is 9.44. The quantitative estimate of drug-likeness (QED) is 0.718. The van der Waals surface area contributed by atoms with Crippen molar-refractivity contribution in [3.63, 3.8) is 0 Å². The molecule has 0 bridgehead atoms.